The average Bonchev–Trinajstić information content (AvgIpc) is 3.68. The Labute approximate surface area is 258 Å². The second-order valence-corrected chi connectivity index (χ2v) is 22.2. The minimum Gasteiger partial charge on any atom is -0.541 e. The number of ether oxygens (including phenoxy) is 1. The Morgan fingerprint density at radius 2 is 1.81 bits per heavy atom. The van der Waals surface area contributed by atoms with Crippen LogP contribution >= 0.6 is 0 Å². The molecule has 7 rings (SSSR count). The highest BCUT2D eigenvalue weighted by Gasteiger charge is 2.73. The topological polar surface area (TPSA) is 79.3 Å². The molecule has 2 aliphatic heterocycles. The van der Waals surface area contributed by atoms with Crippen LogP contribution in [0.5, 0.6) is 11.5 Å². The van der Waals surface area contributed by atoms with Crippen molar-refractivity contribution in [3.05, 3.63) is 59.2 Å². The van der Waals surface area contributed by atoms with E-state index in [4.69, 9.17) is 9.16 Å². The number of benzene rings is 2. The van der Waals surface area contributed by atoms with Gasteiger partial charge in [0.15, 0.2) is 5.75 Å². The van der Waals surface area contributed by atoms with Gasteiger partial charge >= 0.3 is 0 Å². The molecule has 2 aromatic rings. The number of likely N-dealkylation sites (N-methyl/N-ethyl adjacent to an activating group) is 1. The van der Waals surface area contributed by atoms with Gasteiger partial charge < -0.3 is 14.3 Å². The van der Waals surface area contributed by atoms with E-state index in [0.717, 1.165) is 54.5 Å². The van der Waals surface area contributed by atoms with E-state index in [1.54, 1.807) is 11.4 Å². The van der Waals surface area contributed by atoms with E-state index in [0.29, 0.717) is 12.8 Å². The summed E-state index contributed by atoms with van der Waals surface area (Å²) in [6, 6.07) is 13.3. The summed E-state index contributed by atoms with van der Waals surface area (Å²) in [5.41, 5.74) is 1.43. The van der Waals surface area contributed by atoms with Crippen LogP contribution in [0.3, 0.4) is 0 Å². The van der Waals surface area contributed by atoms with Crippen molar-refractivity contribution in [1.82, 2.24) is 9.21 Å². The molecule has 234 valence electrons. The van der Waals surface area contributed by atoms with Crippen LogP contribution in [-0.2, 0) is 27.6 Å². The fourth-order valence-electron chi connectivity index (χ4n) is 8.42. The Bertz CT molecular complexity index is 1520. The maximum atomic E-state index is 13.9. The van der Waals surface area contributed by atoms with Gasteiger partial charge in [0, 0.05) is 25.2 Å². The smallest absolute Gasteiger partial charge is 0.250 e. The zero-order chi connectivity index (χ0) is 30.6. The number of hydrogen-bond donors (Lipinski definition) is 1. The fraction of sp³-hybridized carbons (Fsp3) is 0.647. The molecule has 9 heteroatoms. The molecule has 0 amide bonds. The van der Waals surface area contributed by atoms with E-state index in [-0.39, 0.29) is 22.9 Å². The lowest BCUT2D eigenvalue weighted by Gasteiger charge is -2.64. The third kappa shape index (κ3) is 4.47. The van der Waals surface area contributed by atoms with E-state index in [1.165, 1.54) is 18.4 Å². The molecule has 2 aromatic carbocycles. The molecule has 5 atom stereocenters. The van der Waals surface area contributed by atoms with Crippen molar-refractivity contribution in [2.45, 2.75) is 112 Å². The summed E-state index contributed by atoms with van der Waals surface area (Å²) in [5.74, 6) is 2.18. The van der Waals surface area contributed by atoms with Crippen molar-refractivity contribution in [3.8, 4) is 11.5 Å². The molecule has 2 saturated carbocycles. The Morgan fingerprint density at radius 3 is 2.49 bits per heavy atom. The molecule has 0 radical (unpaired) electrons. The largest absolute Gasteiger partial charge is 0.541 e. The van der Waals surface area contributed by atoms with Gasteiger partial charge in [-0.1, -0.05) is 57.2 Å². The summed E-state index contributed by atoms with van der Waals surface area (Å²) >= 11 is 0. The highest BCUT2D eigenvalue weighted by atomic mass is 32.2. The maximum Gasteiger partial charge on any atom is 0.250 e. The molecule has 1 saturated heterocycles. The SMILES string of the molecule is CN([C@H]1CC[C@@]2(O)[C@H]3Cc4ccc(O[Si](C)(C)C(C)(C)C)c5c4[C@@]2(CCN3CC2CC2)[C@H]1O5)S(=O)(=O)Cc1ccccc1. The third-order valence-electron chi connectivity index (χ3n) is 12.0. The molecule has 5 aliphatic rings. The number of nitrogens with zero attached hydrogens (tertiary/aromatic N) is 2. The van der Waals surface area contributed by atoms with Gasteiger partial charge in [0.05, 0.1) is 22.8 Å². The van der Waals surface area contributed by atoms with E-state index >= 15 is 0 Å². The predicted molar refractivity (Wildman–Crippen MR) is 172 cm³/mol. The molecule has 2 heterocycles. The van der Waals surface area contributed by atoms with Crippen molar-refractivity contribution >= 4 is 18.3 Å². The molecule has 1 spiro atoms. The van der Waals surface area contributed by atoms with Crippen LogP contribution in [-0.4, -0.2) is 75.0 Å². The van der Waals surface area contributed by atoms with Crippen LogP contribution in [0.4, 0.5) is 0 Å². The summed E-state index contributed by atoms with van der Waals surface area (Å²) < 4.78 is 43.3. The number of rotatable bonds is 8. The maximum absolute atomic E-state index is 13.9. The highest BCUT2D eigenvalue weighted by Crippen LogP contribution is 2.66. The molecule has 3 aliphatic carbocycles. The second kappa shape index (κ2) is 9.79. The summed E-state index contributed by atoms with van der Waals surface area (Å²) in [5, 5.41) is 13.0. The van der Waals surface area contributed by atoms with Crippen LogP contribution in [0.15, 0.2) is 42.5 Å². The van der Waals surface area contributed by atoms with Crippen LogP contribution < -0.4 is 9.16 Å². The van der Waals surface area contributed by atoms with Crippen molar-refractivity contribution in [3.63, 3.8) is 0 Å². The Kier molecular flexibility index (Phi) is 6.78. The Hall–Kier alpha value is -1.91. The lowest BCUT2D eigenvalue weighted by Crippen LogP contribution is -2.78. The van der Waals surface area contributed by atoms with Crippen molar-refractivity contribution < 1.29 is 22.7 Å². The van der Waals surface area contributed by atoms with Gasteiger partial charge in [0.2, 0.25) is 10.0 Å². The molecule has 0 aromatic heterocycles. The molecule has 2 bridgehead atoms. The van der Waals surface area contributed by atoms with Crippen LogP contribution in [0, 0.1) is 5.92 Å². The molecule has 1 N–H and O–H groups in total. The number of likely N-dealkylation sites (tertiary alicyclic amines) is 1. The van der Waals surface area contributed by atoms with E-state index < -0.39 is 35.5 Å². The minimum absolute atomic E-state index is 0.00532. The van der Waals surface area contributed by atoms with Gasteiger partial charge in [-0.3, -0.25) is 4.90 Å². The lowest BCUT2D eigenvalue weighted by molar-refractivity contribution is -0.195. The number of hydrogen-bond acceptors (Lipinski definition) is 6. The second-order valence-electron chi connectivity index (χ2n) is 15.5. The summed E-state index contributed by atoms with van der Waals surface area (Å²) in [6.45, 7) is 13.1. The predicted octanol–water partition coefficient (Wildman–Crippen LogP) is 5.47. The first-order valence-electron chi connectivity index (χ1n) is 16.2. The standard InChI is InChI=1S/C34H48N2O5SSi/c1-32(2,3)43(5,6)41-27-15-14-25-20-28-34(37)17-16-26(35(4)42(38,39)22-24-10-8-7-9-11-24)31-33(34,29(25)30(27)40-31)18-19-36(28)21-23-12-13-23/h7-11,14-15,23,26,28,31,37H,12-13,16-22H2,1-6H3/t26-,28+,31-,33-,34+/m0/s1. The van der Waals surface area contributed by atoms with Gasteiger partial charge in [-0.2, -0.15) is 4.31 Å². The Morgan fingerprint density at radius 1 is 1.09 bits per heavy atom. The van der Waals surface area contributed by atoms with Gasteiger partial charge in [-0.25, -0.2) is 8.42 Å². The summed E-state index contributed by atoms with van der Waals surface area (Å²) in [6.07, 6.45) is 4.73. The van der Waals surface area contributed by atoms with Crippen LogP contribution in [0.2, 0.25) is 18.1 Å². The zero-order valence-corrected chi connectivity index (χ0v) is 28.4. The summed E-state index contributed by atoms with van der Waals surface area (Å²) in [7, 11) is -4.12. The molecule has 7 nitrogen and oxygen atoms in total. The zero-order valence-electron chi connectivity index (χ0n) is 26.6. The lowest BCUT2D eigenvalue weighted by atomic mass is 9.48. The molecule has 3 fully saturated rings. The number of sulfonamides is 1. The van der Waals surface area contributed by atoms with Crippen LogP contribution in [0.1, 0.15) is 69.6 Å². The summed E-state index contributed by atoms with van der Waals surface area (Å²) in [4.78, 5) is 2.55. The van der Waals surface area contributed by atoms with E-state index in [1.807, 2.05) is 30.3 Å². The van der Waals surface area contributed by atoms with E-state index in [9.17, 15) is 13.5 Å². The monoisotopic (exact) mass is 624 g/mol. The van der Waals surface area contributed by atoms with Crippen molar-refractivity contribution in [1.29, 1.82) is 0 Å². The molecular formula is C34H48N2O5SSi. The average molecular weight is 625 g/mol. The first-order valence-corrected chi connectivity index (χ1v) is 20.7. The van der Waals surface area contributed by atoms with Gasteiger partial charge in [-0.05, 0) is 86.3 Å². The molecule has 0 unspecified atom stereocenters. The quantitative estimate of drug-likeness (QED) is 0.393. The van der Waals surface area contributed by atoms with Gasteiger partial charge in [-0.15, -0.1) is 0 Å². The first kappa shape index (κ1) is 29.8. The van der Waals surface area contributed by atoms with Crippen LogP contribution in [0.25, 0.3) is 0 Å². The molecular weight excluding hydrogens is 577 g/mol. The van der Waals surface area contributed by atoms with E-state index in [2.05, 4.69) is 50.9 Å². The van der Waals surface area contributed by atoms with Crippen molar-refractivity contribution in [2.75, 3.05) is 20.1 Å². The van der Waals surface area contributed by atoms with Crippen molar-refractivity contribution in [2.24, 2.45) is 5.92 Å². The number of aliphatic hydroxyl groups is 1. The first-order chi connectivity index (χ1) is 20.2. The normalized spacial score (nSPS) is 32.0. The van der Waals surface area contributed by atoms with Gasteiger partial charge in [0.1, 0.15) is 11.9 Å². The number of piperidine rings is 1. The third-order valence-corrected chi connectivity index (χ3v) is 18.2. The van der Waals surface area contributed by atoms with Gasteiger partial charge in [0.25, 0.3) is 8.32 Å². The highest BCUT2D eigenvalue weighted by molar-refractivity contribution is 7.88. The molecule has 43 heavy (non-hydrogen) atoms. The minimum atomic E-state index is -3.64. The fourth-order valence-corrected chi connectivity index (χ4v) is 10.9. The Balaban J connectivity index is 1.32.